The lowest BCUT2D eigenvalue weighted by Crippen LogP contribution is -2.34. The maximum Gasteiger partial charge on any atom is 0.152 e. The molecule has 0 saturated heterocycles. The fourth-order valence-electron chi connectivity index (χ4n) is 2.60. The lowest BCUT2D eigenvalue weighted by atomic mass is 9.80. The molecule has 0 spiro atoms. The summed E-state index contributed by atoms with van der Waals surface area (Å²) in [6.45, 7) is 4.21. The summed E-state index contributed by atoms with van der Waals surface area (Å²) in [6.07, 6.45) is 3.08. The van der Waals surface area contributed by atoms with Crippen LogP contribution in [-0.2, 0) is 0 Å². The van der Waals surface area contributed by atoms with E-state index in [2.05, 4.69) is 19.2 Å². The third-order valence-corrected chi connectivity index (χ3v) is 3.79. The number of anilines is 1. The molecule has 3 unspecified atom stereocenters. The van der Waals surface area contributed by atoms with E-state index < -0.39 is 17.5 Å². The van der Waals surface area contributed by atoms with Gasteiger partial charge in [-0.25, -0.2) is 13.2 Å². The van der Waals surface area contributed by atoms with Crippen LogP contribution in [0.1, 0.15) is 33.1 Å². The molecule has 1 saturated carbocycles. The quantitative estimate of drug-likeness (QED) is 0.831. The Morgan fingerprint density at radius 3 is 2.28 bits per heavy atom. The summed E-state index contributed by atoms with van der Waals surface area (Å²) >= 11 is 0. The molecule has 0 aliphatic heterocycles. The second-order valence-electron chi connectivity index (χ2n) is 5.39. The highest BCUT2D eigenvalue weighted by Gasteiger charge is 2.27. The zero-order valence-corrected chi connectivity index (χ0v) is 10.6. The van der Waals surface area contributed by atoms with Crippen molar-refractivity contribution >= 4 is 5.69 Å². The molecule has 0 bridgehead atoms. The standard InChI is InChI=1S/C14H18F3N/c1-8-3-4-9(2)13(5-8)18-14-11(16)6-10(15)7-12(14)17/h6-9,13,18H,3-5H2,1-2H3. The van der Waals surface area contributed by atoms with E-state index in [1.54, 1.807) is 0 Å². The predicted octanol–water partition coefficient (Wildman–Crippen LogP) is 4.34. The molecule has 0 aromatic heterocycles. The van der Waals surface area contributed by atoms with Gasteiger partial charge >= 0.3 is 0 Å². The third kappa shape index (κ3) is 2.79. The van der Waals surface area contributed by atoms with E-state index in [0.717, 1.165) is 19.3 Å². The summed E-state index contributed by atoms with van der Waals surface area (Å²) in [5.41, 5.74) is -0.206. The molecule has 0 amide bonds. The van der Waals surface area contributed by atoms with Gasteiger partial charge in [-0.1, -0.05) is 20.3 Å². The zero-order chi connectivity index (χ0) is 13.3. The van der Waals surface area contributed by atoms with E-state index >= 15 is 0 Å². The molecule has 1 aliphatic carbocycles. The van der Waals surface area contributed by atoms with E-state index in [1.165, 1.54) is 0 Å². The van der Waals surface area contributed by atoms with Gasteiger partial charge in [0.1, 0.15) is 11.5 Å². The molecule has 0 radical (unpaired) electrons. The van der Waals surface area contributed by atoms with Crippen molar-refractivity contribution in [3.63, 3.8) is 0 Å². The molecule has 3 atom stereocenters. The number of halogens is 3. The Balaban J connectivity index is 2.18. The van der Waals surface area contributed by atoms with Gasteiger partial charge in [-0.05, 0) is 24.7 Å². The average Bonchev–Trinajstić information content (AvgIpc) is 2.28. The van der Waals surface area contributed by atoms with Crippen LogP contribution in [0.4, 0.5) is 18.9 Å². The number of hydrogen-bond acceptors (Lipinski definition) is 1. The minimum Gasteiger partial charge on any atom is -0.377 e. The molecule has 1 nitrogen and oxygen atoms in total. The molecule has 1 aromatic carbocycles. The Labute approximate surface area is 105 Å². The predicted molar refractivity (Wildman–Crippen MR) is 65.9 cm³/mol. The first kappa shape index (κ1) is 13.2. The molecule has 100 valence electrons. The van der Waals surface area contributed by atoms with Crippen molar-refractivity contribution in [2.75, 3.05) is 5.32 Å². The van der Waals surface area contributed by atoms with Crippen molar-refractivity contribution in [3.05, 3.63) is 29.6 Å². The largest absolute Gasteiger partial charge is 0.377 e. The highest BCUT2D eigenvalue weighted by Crippen LogP contribution is 2.32. The van der Waals surface area contributed by atoms with Crippen molar-refractivity contribution in [3.8, 4) is 0 Å². The van der Waals surface area contributed by atoms with Crippen molar-refractivity contribution in [2.24, 2.45) is 11.8 Å². The number of rotatable bonds is 2. The highest BCUT2D eigenvalue weighted by atomic mass is 19.1. The van der Waals surface area contributed by atoms with E-state index in [4.69, 9.17) is 0 Å². The van der Waals surface area contributed by atoms with E-state index in [9.17, 15) is 13.2 Å². The van der Waals surface area contributed by atoms with Crippen molar-refractivity contribution in [1.29, 1.82) is 0 Å². The Morgan fingerprint density at radius 1 is 1.06 bits per heavy atom. The van der Waals surface area contributed by atoms with Crippen LogP contribution in [0.3, 0.4) is 0 Å². The van der Waals surface area contributed by atoms with Crippen LogP contribution in [0.2, 0.25) is 0 Å². The monoisotopic (exact) mass is 257 g/mol. The molecule has 1 aromatic rings. The smallest absolute Gasteiger partial charge is 0.152 e. The van der Waals surface area contributed by atoms with Gasteiger partial charge in [-0.2, -0.15) is 0 Å². The Hall–Kier alpha value is -1.19. The van der Waals surface area contributed by atoms with Crippen molar-refractivity contribution < 1.29 is 13.2 Å². The zero-order valence-electron chi connectivity index (χ0n) is 10.6. The van der Waals surface area contributed by atoms with Crippen molar-refractivity contribution in [1.82, 2.24) is 0 Å². The summed E-state index contributed by atoms with van der Waals surface area (Å²) in [4.78, 5) is 0. The summed E-state index contributed by atoms with van der Waals surface area (Å²) in [6, 6.07) is 1.47. The minimum absolute atomic E-state index is 0.0446. The van der Waals surface area contributed by atoms with Crippen LogP contribution in [0, 0.1) is 29.3 Å². The first-order valence-electron chi connectivity index (χ1n) is 6.38. The summed E-state index contributed by atoms with van der Waals surface area (Å²) < 4.78 is 39.9. The summed E-state index contributed by atoms with van der Waals surface area (Å²) in [5.74, 6) is -1.70. The Bertz CT molecular complexity index is 410. The second-order valence-corrected chi connectivity index (χ2v) is 5.39. The van der Waals surface area contributed by atoms with Gasteiger partial charge in [0, 0.05) is 18.2 Å². The molecular formula is C14H18F3N. The Morgan fingerprint density at radius 2 is 1.67 bits per heavy atom. The minimum atomic E-state index is -0.888. The van der Waals surface area contributed by atoms with Gasteiger partial charge in [-0.3, -0.25) is 0 Å². The average molecular weight is 257 g/mol. The van der Waals surface area contributed by atoms with Crippen LogP contribution < -0.4 is 5.32 Å². The number of benzene rings is 1. The maximum atomic E-state index is 13.5. The summed E-state index contributed by atoms with van der Waals surface area (Å²) in [7, 11) is 0. The van der Waals surface area contributed by atoms with Gasteiger partial charge in [0.15, 0.2) is 11.6 Å². The summed E-state index contributed by atoms with van der Waals surface area (Å²) in [5, 5.41) is 2.91. The Kier molecular flexibility index (Phi) is 3.83. The molecule has 4 heteroatoms. The highest BCUT2D eigenvalue weighted by molar-refractivity contribution is 5.47. The van der Waals surface area contributed by atoms with Gasteiger partial charge in [0.05, 0.1) is 0 Å². The van der Waals surface area contributed by atoms with Gasteiger partial charge < -0.3 is 5.32 Å². The van der Waals surface area contributed by atoms with Crippen LogP contribution in [0.25, 0.3) is 0 Å². The lowest BCUT2D eigenvalue weighted by molar-refractivity contribution is 0.279. The molecule has 1 N–H and O–H groups in total. The lowest BCUT2D eigenvalue weighted by Gasteiger charge is -2.34. The normalized spacial score (nSPS) is 28.2. The number of hydrogen-bond donors (Lipinski definition) is 1. The molecule has 18 heavy (non-hydrogen) atoms. The van der Waals surface area contributed by atoms with Crippen LogP contribution in [0.15, 0.2) is 12.1 Å². The molecule has 2 rings (SSSR count). The molecule has 1 aliphatic rings. The van der Waals surface area contributed by atoms with E-state index in [1.807, 2.05) is 0 Å². The van der Waals surface area contributed by atoms with Crippen LogP contribution >= 0.6 is 0 Å². The SMILES string of the molecule is CC1CCC(C)C(Nc2c(F)cc(F)cc2F)C1. The van der Waals surface area contributed by atoms with Gasteiger partial charge in [0.25, 0.3) is 0 Å². The first-order chi connectivity index (χ1) is 8.47. The van der Waals surface area contributed by atoms with E-state index in [0.29, 0.717) is 24.0 Å². The first-order valence-corrected chi connectivity index (χ1v) is 6.38. The number of nitrogens with one attached hydrogen (secondary N) is 1. The van der Waals surface area contributed by atoms with E-state index in [-0.39, 0.29) is 11.7 Å². The maximum absolute atomic E-state index is 13.5. The fraction of sp³-hybridized carbons (Fsp3) is 0.571. The van der Waals surface area contributed by atoms with Gasteiger partial charge in [-0.15, -0.1) is 0 Å². The fourth-order valence-corrected chi connectivity index (χ4v) is 2.60. The van der Waals surface area contributed by atoms with Crippen molar-refractivity contribution in [2.45, 2.75) is 39.2 Å². The topological polar surface area (TPSA) is 12.0 Å². The van der Waals surface area contributed by atoms with Crippen LogP contribution in [0.5, 0.6) is 0 Å². The molecule has 0 heterocycles. The second kappa shape index (κ2) is 5.21. The molecular weight excluding hydrogens is 239 g/mol. The van der Waals surface area contributed by atoms with Crippen LogP contribution in [-0.4, -0.2) is 6.04 Å². The van der Waals surface area contributed by atoms with Gasteiger partial charge in [0.2, 0.25) is 0 Å². The molecule has 1 fully saturated rings. The third-order valence-electron chi connectivity index (χ3n) is 3.79.